The number of halogens is 2. The molecule has 0 heterocycles. The standard InChI is InChI=1S/4C15H11.2C2H7Si.2ClH.2Hf/c4*1-2-6-12(7-3-1)14-10-4-8-13-9-5-11-15(13)14;2*1-3-2;;;;/h4*1-11H;2*3H,1-2H3;2*1H;;/q;;;;;;;;2*+1/p-2. The van der Waals surface area contributed by atoms with Gasteiger partial charge in [0.05, 0.1) is 0 Å². The first kappa shape index (κ1) is 50.4. The molecule has 8 aromatic rings. The summed E-state index contributed by atoms with van der Waals surface area (Å²) >= 11 is -4.21. The van der Waals surface area contributed by atoms with E-state index in [0.717, 1.165) is 0 Å². The zero-order chi connectivity index (χ0) is 46.1. The van der Waals surface area contributed by atoms with Gasteiger partial charge < -0.3 is 24.8 Å². The molecule has 0 N–H and O–H groups in total. The topological polar surface area (TPSA) is 0 Å². The maximum atomic E-state index is 2.63. The third kappa shape index (κ3) is 9.74. The molecule has 0 saturated heterocycles. The van der Waals surface area contributed by atoms with Crippen molar-refractivity contribution in [3.63, 3.8) is 0 Å². The summed E-state index contributed by atoms with van der Waals surface area (Å²) in [4.78, 5) is 0. The second-order valence-electron chi connectivity index (χ2n) is 19.4. The van der Waals surface area contributed by atoms with Crippen LogP contribution >= 0.6 is 0 Å². The molecule has 0 spiro atoms. The molecule has 70 heavy (non-hydrogen) atoms. The Balaban J connectivity index is 0.000000169. The molecule has 0 bridgehead atoms. The molecule has 4 aliphatic carbocycles. The molecular weight excluding hydrogens is 1250 g/mol. The van der Waals surface area contributed by atoms with Crippen molar-refractivity contribution >= 4 is 36.3 Å². The Labute approximate surface area is 446 Å². The van der Waals surface area contributed by atoms with Crippen molar-refractivity contribution in [3.8, 4) is 44.5 Å². The van der Waals surface area contributed by atoms with Gasteiger partial charge in [-0.05, 0) is 0 Å². The fourth-order valence-corrected chi connectivity index (χ4v) is 71.3. The number of allylic oxidation sites excluding steroid dienone is 4. The van der Waals surface area contributed by atoms with E-state index in [9.17, 15) is 0 Å². The van der Waals surface area contributed by atoms with Crippen LogP contribution in [0.4, 0.5) is 0 Å². The van der Waals surface area contributed by atoms with Crippen LogP contribution in [0.25, 0.3) is 68.8 Å². The molecule has 0 radical (unpaired) electrons. The molecule has 8 aromatic carbocycles. The van der Waals surface area contributed by atoms with Crippen LogP contribution in [0.15, 0.2) is 218 Å². The number of hydrogen-bond acceptors (Lipinski definition) is 0. The minimum atomic E-state index is -2.11. The predicted octanol–water partition coefficient (Wildman–Crippen LogP) is 10.9. The summed E-state index contributed by atoms with van der Waals surface area (Å²) in [5.74, 6) is -1.56. The van der Waals surface area contributed by atoms with E-state index in [4.69, 9.17) is 0 Å². The second-order valence-corrected chi connectivity index (χ2v) is 75.9. The fourth-order valence-electron chi connectivity index (χ4n) is 11.8. The van der Waals surface area contributed by atoms with E-state index in [1.165, 1.54) is 66.8 Å². The molecule has 6 heteroatoms. The van der Waals surface area contributed by atoms with Gasteiger partial charge in [-0.3, -0.25) is 0 Å². The monoisotopic (exact) mass is 1310 g/mol. The van der Waals surface area contributed by atoms with Crippen LogP contribution in [0.3, 0.4) is 0 Å². The summed E-state index contributed by atoms with van der Waals surface area (Å²) in [6.45, 7) is 10.5. The zero-order valence-corrected chi connectivity index (χ0v) is 51.3. The van der Waals surface area contributed by atoms with Gasteiger partial charge in [-0.1, -0.05) is 0 Å². The molecule has 4 atom stereocenters. The number of fused-ring (bicyclic) bond motifs is 4. The van der Waals surface area contributed by atoms with E-state index in [-0.39, 0.29) is 24.8 Å². The summed E-state index contributed by atoms with van der Waals surface area (Å²) < 4.78 is 2.76. The summed E-state index contributed by atoms with van der Waals surface area (Å²) in [6, 6.07) is 71.7. The predicted molar refractivity (Wildman–Crippen MR) is 292 cm³/mol. The molecule has 0 amide bonds. The van der Waals surface area contributed by atoms with Gasteiger partial charge in [0, 0.05) is 0 Å². The van der Waals surface area contributed by atoms with Crippen molar-refractivity contribution in [1.29, 1.82) is 0 Å². The average Bonchev–Trinajstić information content (AvgIpc) is 4.22. The van der Waals surface area contributed by atoms with Crippen LogP contribution in [0, 0.1) is 0 Å². The van der Waals surface area contributed by atoms with Gasteiger partial charge in [-0.2, -0.15) is 0 Å². The minimum Gasteiger partial charge on any atom is -1.00 e. The van der Waals surface area contributed by atoms with Gasteiger partial charge in [0.15, 0.2) is 0 Å². The minimum absolute atomic E-state index is 0. The molecule has 0 nitrogen and oxygen atoms in total. The van der Waals surface area contributed by atoms with Gasteiger partial charge >= 0.3 is 426 Å². The Hall–Kier alpha value is -4.53. The normalized spacial score (nSPS) is 17.2. The zero-order valence-electron chi connectivity index (χ0n) is 40.3. The molecule has 0 aliphatic heterocycles. The largest absolute Gasteiger partial charge is 1.00 e. The first-order valence-corrected chi connectivity index (χ1v) is 51.2. The number of hydrogen-bond donors (Lipinski definition) is 0. The van der Waals surface area contributed by atoms with Crippen LogP contribution in [0.5, 0.6) is 0 Å². The van der Waals surface area contributed by atoms with E-state index in [1.807, 2.05) is 0 Å². The Morgan fingerprint density at radius 1 is 0.271 bits per heavy atom. The summed E-state index contributed by atoms with van der Waals surface area (Å²) in [5.41, 5.74) is 23.2. The van der Waals surface area contributed by atoms with Crippen molar-refractivity contribution in [3.05, 3.63) is 263 Å². The summed E-state index contributed by atoms with van der Waals surface area (Å²) in [5, 5.41) is 0. The molecule has 4 aliphatic rings. The van der Waals surface area contributed by atoms with Gasteiger partial charge in [-0.25, -0.2) is 0 Å². The Morgan fingerprint density at radius 3 is 0.686 bits per heavy atom. The SMILES string of the molecule is C[SiH](C)[Hf+]([CH]1C=Cc2c(-c3ccccc3)cccc21)[CH]1C=Cc2c(-c3ccccc3)cccc21.C[SiH](C)[Hf+]([CH]1C=Cc2c(-c3ccccc3)cccc21)[CH]1C=Cc2c(-c3ccccc3)cccc21.[Cl-].[Cl-]. The van der Waals surface area contributed by atoms with Crippen LogP contribution < -0.4 is 24.8 Å². The first-order chi connectivity index (χ1) is 33.4. The van der Waals surface area contributed by atoms with E-state index in [1.54, 1.807) is 22.3 Å². The van der Waals surface area contributed by atoms with Gasteiger partial charge in [0.2, 0.25) is 0 Å². The van der Waals surface area contributed by atoms with Crippen molar-refractivity contribution in [2.24, 2.45) is 0 Å². The van der Waals surface area contributed by atoms with Gasteiger partial charge in [-0.15, -0.1) is 0 Å². The van der Waals surface area contributed by atoms with E-state index in [0.29, 0.717) is 14.7 Å². The van der Waals surface area contributed by atoms with E-state index in [2.05, 4.69) is 269 Å². The molecule has 4 unspecified atom stereocenters. The summed E-state index contributed by atoms with van der Waals surface area (Å²) in [6.07, 6.45) is 20.2. The Morgan fingerprint density at radius 2 is 0.486 bits per heavy atom. The maximum Gasteiger partial charge on any atom is -1.00 e. The van der Waals surface area contributed by atoms with Crippen molar-refractivity contribution in [2.45, 2.75) is 40.9 Å². The third-order valence-electron chi connectivity index (χ3n) is 14.8. The maximum absolute atomic E-state index is 2.63. The molecular formula is C64H58Cl2Hf2Si2. The average molecular weight is 1310 g/mol. The molecule has 0 aromatic heterocycles. The number of benzene rings is 8. The second kappa shape index (κ2) is 22.5. The van der Waals surface area contributed by atoms with Crippen molar-refractivity contribution in [2.75, 3.05) is 0 Å². The Kier molecular flexibility index (Phi) is 16.2. The van der Waals surface area contributed by atoms with Crippen LogP contribution in [-0.4, -0.2) is 12.0 Å². The van der Waals surface area contributed by atoms with Crippen molar-refractivity contribution < 1.29 is 66.0 Å². The van der Waals surface area contributed by atoms with Gasteiger partial charge in [0.1, 0.15) is 0 Å². The van der Waals surface area contributed by atoms with Crippen LogP contribution in [0.2, 0.25) is 26.2 Å². The summed E-state index contributed by atoms with van der Waals surface area (Å²) in [7, 11) is 0. The van der Waals surface area contributed by atoms with E-state index < -0.39 is 53.2 Å². The van der Waals surface area contributed by atoms with Gasteiger partial charge in [0.25, 0.3) is 0 Å². The molecule has 0 fully saturated rings. The third-order valence-corrected chi connectivity index (χ3v) is 75.6. The Bertz CT molecular complexity index is 2790. The smallest absolute Gasteiger partial charge is 1.00 e. The fraction of sp³-hybridized carbons (Fsp3) is 0.125. The van der Waals surface area contributed by atoms with Crippen molar-refractivity contribution in [1.82, 2.24) is 0 Å². The quantitative estimate of drug-likeness (QED) is 0.120. The van der Waals surface area contributed by atoms with Crippen LogP contribution in [-0.2, 0) is 41.2 Å². The molecule has 344 valence electrons. The number of rotatable bonds is 10. The molecule has 0 saturated carbocycles. The molecule has 12 rings (SSSR count). The van der Waals surface area contributed by atoms with E-state index >= 15 is 0 Å². The first-order valence-electron chi connectivity index (χ1n) is 24.6. The van der Waals surface area contributed by atoms with Crippen LogP contribution in [0.1, 0.15) is 59.2 Å².